The van der Waals surface area contributed by atoms with Crippen molar-refractivity contribution >= 4 is 50.9 Å². The number of carbonyl (C=O) groups is 1. The number of halogens is 3. The van der Waals surface area contributed by atoms with E-state index in [0.29, 0.717) is 53.2 Å². The molecule has 0 bridgehead atoms. The van der Waals surface area contributed by atoms with Crippen molar-refractivity contribution < 1.29 is 19.4 Å². The second-order valence-electron chi connectivity index (χ2n) is 11.9. The summed E-state index contributed by atoms with van der Waals surface area (Å²) in [6.07, 6.45) is 0.627. The minimum Gasteiger partial charge on any atom is -0.494 e. The van der Waals surface area contributed by atoms with Crippen molar-refractivity contribution in [3.05, 3.63) is 158 Å². The number of aliphatic imine (C=N–C) groups is 1. The van der Waals surface area contributed by atoms with Crippen LogP contribution in [0.25, 0.3) is 11.1 Å². The first-order chi connectivity index (χ1) is 24.3. The molecule has 10 heteroatoms. The highest BCUT2D eigenvalue weighted by Gasteiger charge is 2.53. The van der Waals surface area contributed by atoms with Crippen LogP contribution in [0, 0.1) is 0 Å². The van der Waals surface area contributed by atoms with E-state index >= 15 is 0 Å². The summed E-state index contributed by atoms with van der Waals surface area (Å²) < 4.78 is 13.4. The maximum absolute atomic E-state index is 14.6. The Hall–Kier alpha value is -4.18. The molecule has 1 aliphatic heterocycles. The lowest BCUT2D eigenvalue weighted by molar-refractivity contribution is -0.130. The molecule has 0 fully saturated rings. The lowest BCUT2D eigenvalue weighted by Crippen LogP contribution is -2.54. The number of aliphatic hydroxyl groups excluding tert-OH is 1. The molecule has 1 amide bonds. The van der Waals surface area contributed by atoms with Crippen LogP contribution >= 0.6 is 39.1 Å². The van der Waals surface area contributed by atoms with E-state index < -0.39 is 11.6 Å². The van der Waals surface area contributed by atoms with Gasteiger partial charge in [-0.25, -0.2) is 10.4 Å². The average Bonchev–Trinajstić information content (AvgIpc) is 3.53. The van der Waals surface area contributed by atoms with Crippen molar-refractivity contribution in [1.82, 2.24) is 10.9 Å². The third-order valence-electron chi connectivity index (χ3n) is 8.47. The number of amides is 1. The molecule has 0 unspecified atom stereocenters. The van der Waals surface area contributed by atoms with Crippen LogP contribution in [0.2, 0.25) is 10.0 Å². The van der Waals surface area contributed by atoms with Gasteiger partial charge in [0.1, 0.15) is 5.75 Å². The standard InChI is InChI=1S/C40H36BrCl2N3O4/c41-33-16-7-27(8-17-33)26-40(39(48)46-44-22-21-30-13-18-34(42)25-36(30)43)37(31-11-9-29(10-12-31)28-5-2-1-3-6-28)50-38(45-40)32-14-19-35(20-15-32)49-24-4-23-47/h1-3,5-20,25,37,44,47H,4,21-24,26H2,(H,46,48)/t37-,40-/m0/s1. The molecular formula is C40H36BrCl2N3O4. The Morgan fingerprint density at radius 1 is 0.880 bits per heavy atom. The third-order valence-corrected chi connectivity index (χ3v) is 9.59. The van der Waals surface area contributed by atoms with Crippen molar-refractivity contribution in [1.29, 1.82) is 0 Å². The van der Waals surface area contributed by atoms with E-state index in [2.05, 4.69) is 38.9 Å². The number of hydrazine groups is 1. The molecule has 2 atom stereocenters. The predicted molar refractivity (Wildman–Crippen MR) is 203 cm³/mol. The van der Waals surface area contributed by atoms with Gasteiger partial charge in [0.15, 0.2) is 11.6 Å². The van der Waals surface area contributed by atoms with Gasteiger partial charge in [-0.3, -0.25) is 10.2 Å². The number of nitrogens with zero attached hydrogens (tertiary/aromatic N) is 1. The predicted octanol–water partition coefficient (Wildman–Crippen LogP) is 8.55. The second kappa shape index (κ2) is 16.7. The molecule has 5 aromatic carbocycles. The van der Waals surface area contributed by atoms with Gasteiger partial charge in [-0.2, -0.15) is 0 Å². The summed E-state index contributed by atoms with van der Waals surface area (Å²) in [5.41, 5.74) is 10.2. The van der Waals surface area contributed by atoms with Crippen LogP contribution in [-0.2, 0) is 22.4 Å². The minimum absolute atomic E-state index is 0.0582. The zero-order valence-corrected chi connectivity index (χ0v) is 30.2. The van der Waals surface area contributed by atoms with Crippen LogP contribution in [0.4, 0.5) is 0 Å². The summed E-state index contributed by atoms with van der Waals surface area (Å²) in [5, 5.41) is 10.3. The molecule has 7 nitrogen and oxygen atoms in total. The Balaban J connectivity index is 1.34. The summed E-state index contributed by atoms with van der Waals surface area (Å²) in [4.78, 5) is 19.7. The Morgan fingerprint density at radius 3 is 2.28 bits per heavy atom. The first kappa shape index (κ1) is 35.6. The second-order valence-corrected chi connectivity index (χ2v) is 13.7. The summed E-state index contributed by atoms with van der Waals surface area (Å²) in [6, 6.07) is 38.9. The van der Waals surface area contributed by atoms with E-state index in [1.165, 1.54) is 0 Å². The van der Waals surface area contributed by atoms with Gasteiger partial charge in [0.05, 0.1) is 6.61 Å². The molecule has 256 valence electrons. The third kappa shape index (κ3) is 8.57. The van der Waals surface area contributed by atoms with Crippen LogP contribution < -0.4 is 15.6 Å². The number of aliphatic hydroxyl groups is 1. The fraction of sp³-hybridized carbons (Fsp3) is 0.200. The molecule has 1 aliphatic rings. The fourth-order valence-corrected chi connectivity index (χ4v) is 6.62. The van der Waals surface area contributed by atoms with E-state index in [0.717, 1.165) is 32.3 Å². The number of ether oxygens (including phenoxy) is 2. The monoisotopic (exact) mass is 771 g/mol. The van der Waals surface area contributed by atoms with E-state index in [-0.39, 0.29) is 18.9 Å². The van der Waals surface area contributed by atoms with E-state index in [1.807, 2.05) is 97.1 Å². The molecule has 0 spiro atoms. The van der Waals surface area contributed by atoms with Gasteiger partial charge in [-0.05, 0) is 82.8 Å². The van der Waals surface area contributed by atoms with Crippen LogP contribution in [0.5, 0.6) is 5.75 Å². The molecule has 1 heterocycles. The Labute approximate surface area is 310 Å². The first-order valence-corrected chi connectivity index (χ1v) is 17.9. The Bertz CT molecular complexity index is 1920. The average molecular weight is 774 g/mol. The molecule has 0 saturated carbocycles. The van der Waals surface area contributed by atoms with Gasteiger partial charge in [0, 0.05) is 46.1 Å². The van der Waals surface area contributed by atoms with Crippen LogP contribution in [-0.4, -0.2) is 42.2 Å². The molecule has 50 heavy (non-hydrogen) atoms. The number of carbonyl (C=O) groups excluding carboxylic acids is 1. The normalized spacial score (nSPS) is 16.8. The van der Waals surface area contributed by atoms with Gasteiger partial charge < -0.3 is 14.6 Å². The van der Waals surface area contributed by atoms with E-state index in [9.17, 15) is 4.79 Å². The van der Waals surface area contributed by atoms with Crippen molar-refractivity contribution in [2.45, 2.75) is 30.9 Å². The van der Waals surface area contributed by atoms with Crippen LogP contribution in [0.1, 0.15) is 34.8 Å². The van der Waals surface area contributed by atoms with Gasteiger partial charge >= 0.3 is 0 Å². The van der Waals surface area contributed by atoms with Crippen molar-refractivity contribution in [2.75, 3.05) is 19.8 Å². The number of rotatable bonds is 14. The molecule has 0 radical (unpaired) electrons. The van der Waals surface area contributed by atoms with Crippen LogP contribution in [0.3, 0.4) is 0 Å². The summed E-state index contributed by atoms with van der Waals surface area (Å²) in [5.74, 6) is 0.681. The zero-order chi connectivity index (χ0) is 34.9. The molecule has 0 aliphatic carbocycles. The highest BCUT2D eigenvalue weighted by molar-refractivity contribution is 9.10. The Kier molecular flexibility index (Phi) is 11.9. The Morgan fingerprint density at radius 2 is 1.58 bits per heavy atom. The molecular weight excluding hydrogens is 737 g/mol. The summed E-state index contributed by atoms with van der Waals surface area (Å²) >= 11 is 16.0. The van der Waals surface area contributed by atoms with Gasteiger partial charge in [-0.15, -0.1) is 0 Å². The molecule has 0 aromatic heterocycles. The minimum atomic E-state index is -1.38. The zero-order valence-electron chi connectivity index (χ0n) is 27.1. The van der Waals surface area contributed by atoms with E-state index in [1.54, 1.807) is 12.1 Å². The SMILES string of the molecule is O=C(NNCCc1ccc(Cl)cc1Cl)[C@@]1(Cc2ccc(Br)cc2)N=C(c2ccc(OCCCO)cc2)O[C@H]1c1ccc(-c2ccccc2)cc1. The first-order valence-electron chi connectivity index (χ1n) is 16.3. The highest BCUT2D eigenvalue weighted by Crippen LogP contribution is 2.43. The van der Waals surface area contributed by atoms with Gasteiger partial charge in [-0.1, -0.05) is 112 Å². The number of nitrogens with one attached hydrogen (secondary N) is 2. The van der Waals surface area contributed by atoms with Gasteiger partial charge in [0.25, 0.3) is 5.91 Å². The molecule has 3 N–H and O–H groups in total. The quantitative estimate of drug-likeness (QED) is 0.0778. The maximum Gasteiger partial charge on any atom is 0.266 e. The number of hydrogen-bond acceptors (Lipinski definition) is 6. The van der Waals surface area contributed by atoms with Crippen molar-refractivity contribution in [3.8, 4) is 16.9 Å². The van der Waals surface area contributed by atoms with Crippen LogP contribution in [0.15, 0.2) is 131 Å². The van der Waals surface area contributed by atoms with Gasteiger partial charge in [0.2, 0.25) is 5.90 Å². The smallest absolute Gasteiger partial charge is 0.266 e. The maximum atomic E-state index is 14.6. The van der Waals surface area contributed by atoms with Crippen molar-refractivity contribution in [3.63, 3.8) is 0 Å². The van der Waals surface area contributed by atoms with E-state index in [4.69, 9.17) is 42.8 Å². The van der Waals surface area contributed by atoms with Crippen molar-refractivity contribution in [2.24, 2.45) is 4.99 Å². The summed E-state index contributed by atoms with van der Waals surface area (Å²) in [6.45, 7) is 0.887. The largest absolute Gasteiger partial charge is 0.494 e. The number of benzene rings is 5. The lowest BCUT2D eigenvalue weighted by atomic mass is 9.82. The highest BCUT2D eigenvalue weighted by atomic mass is 79.9. The fourth-order valence-electron chi connectivity index (χ4n) is 5.85. The molecule has 0 saturated heterocycles. The topological polar surface area (TPSA) is 92.2 Å². The lowest BCUT2D eigenvalue weighted by Gasteiger charge is -2.31. The molecule has 5 aromatic rings. The number of hydrogen-bond donors (Lipinski definition) is 3. The summed E-state index contributed by atoms with van der Waals surface area (Å²) in [7, 11) is 0. The molecule has 6 rings (SSSR count).